The molecular formula is C30H26ClF4N5O2. The number of benzene rings is 2. The van der Waals surface area contributed by atoms with Gasteiger partial charge in [-0.25, -0.2) is 0 Å². The third kappa shape index (κ3) is 5.65. The molecule has 0 spiro atoms. The maximum Gasteiger partial charge on any atom is 0.573 e. The Morgan fingerprint density at radius 3 is 2.21 bits per heavy atom. The highest BCUT2D eigenvalue weighted by molar-refractivity contribution is 6.30. The largest absolute Gasteiger partial charge is 0.573 e. The SMILES string of the molecule is [C-]#[N+]c1ccc2c(n1)c(N1C[C@@H](C)N(C(c3ccc(Cl)cc3)c3ccc(OC(F)(F)F)cc3)C[C@@H]1C)c(F)c(=O)n2C. The molecule has 2 aromatic heterocycles. The number of alkyl halides is 3. The molecule has 0 aliphatic carbocycles. The zero-order valence-corrected chi connectivity index (χ0v) is 23.6. The first-order valence-corrected chi connectivity index (χ1v) is 13.5. The third-order valence-electron chi connectivity index (χ3n) is 7.53. The number of anilines is 1. The minimum Gasteiger partial charge on any atom is -0.406 e. The maximum atomic E-state index is 15.7. The van der Waals surface area contributed by atoms with Gasteiger partial charge in [0, 0.05) is 37.2 Å². The van der Waals surface area contributed by atoms with Crippen molar-refractivity contribution in [2.24, 2.45) is 7.05 Å². The van der Waals surface area contributed by atoms with Crippen LogP contribution in [0.4, 0.5) is 29.1 Å². The van der Waals surface area contributed by atoms with E-state index >= 15 is 4.39 Å². The lowest BCUT2D eigenvalue weighted by molar-refractivity contribution is -0.274. The van der Waals surface area contributed by atoms with Gasteiger partial charge in [0.1, 0.15) is 11.4 Å². The lowest BCUT2D eigenvalue weighted by atomic mass is 9.93. The number of rotatable bonds is 5. The second-order valence-electron chi connectivity index (χ2n) is 10.3. The van der Waals surface area contributed by atoms with Crippen LogP contribution < -0.4 is 15.2 Å². The quantitative estimate of drug-likeness (QED) is 0.185. The summed E-state index contributed by atoms with van der Waals surface area (Å²) < 4.78 is 59.2. The number of ether oxygens (including phenoxy) is 1. The summed E-state index contributed by atoms with van der Waals surface area (Å²) in [6, 6.07) is 15.1. The molecule has 0 saturated carbocycles. The van der Waals surface area contributed by atoms with Gasteiger partial charge in [-0.05, 0) is 61.4 Å². The fourth-order valence-corrected chi connectivity index (χ4v) is 5.70. The smallest absolute Gasteiger partial charge is 0.406 e. The van der Waals surface area contributed by atoms with Crippen LogP contribution in [-0.2, 0) is 7.05 Å². The lowest BCUT2D eigenvalue weighted by Gasteiger charge is -2.48. The fraction of sp³-hybridized carbons (Fsp3) is 0.300. The molecule has 1 fully saturated rings. The maximum absolute atomic E-state index is 15.7. The summed E-state index contributed by atoms with van der Waals surface area (Å²) in [6.07, 6.45) is -4.81. The van der Waals surface area contributed by atoms with Crippen LogP contribution in [0.1, 0.15) is 31.0 Å². The van der Waals surface area contributed by atoms with Crippen LogP contribution in [-0.4, -0.2) is 46.0 Å². The first-order chi connectivity index (χ1) is 19.9. The summed E-state index contributed by atoms with van der Waals surface area (Å²) in [5, 5.41) is 0.539. The lowest BCUT2D eigenvalue weighted by Crippen LogP contribution is -2.58. The summed E-state index contributed by atoms with van der Waals surface area (Å²) in [5.74, 6) is -1.19. The van der Waals surface area contributed by atoms with Crippen molar-refractivity contribution in [1.29, 1.82) is 0 Å². The van der Waals surface area contributed by atoms with E-state index < -0.39 is 17.7 Å². The second kappa shape index (κ2) is 11.3. The van der Waals surface area contributed by atoms with Gasteiger partial charge >= 0.3 is 6.36 Å². The van der Waals surface area contributed by atoms with E-state index in [1.807, 2.05) is 26.0 Å². The Morgan fingerprint density at radius 1 is 1.00 bits per heavy atom. The van der Waals surface area contributed by atoms with Crippen LogP contribution >= 0.6 is 11.6 Å². The molecule has 1 unspecified atom stereocenters. The topological polar surface area (TPSA) is 55.0 Å². The zero-order valence-electron chi connectivity index (χ0n) is 22.9. The highest BCUT2D eigenvalue weighted by Crippen LogP contribution is 2.38. The van der Waals surface area contributed by atoms with E-state index in [-0.39, 0.29) is 40.9 Å². The summed E-state index contributed by atoms with van der Waals surface area (Å²) in [5.41, 5.74) is 1.49. The van der Waals surface area contributed by atoms with Crippen molar-refractivity contribution >= 4 is 34.1 Å². The average Bonchev–Trinajstić information content (AvgIpc) is 2.95. The molecular weight excluding hydrogens is 574 g/mol. The molecule has 42 heavy (non-hydrogen) atoms. The van der Waals surface area contributed by atoms with Crippen LogP contribution in [0.2, 0.25) is 5.02 Å². The van der Waals surface area contributed by atoms with Crippen molar-refractivity contribution < 1.29 is 22.3 Å². The van der Waals surface area contributed by atoms with Crippen molar-refractivity contribution in [3.05, 3.63) is 104 Å². The molecule has 3 heterocycles. The van der Waals surface area contributed by atoms with Crippen molar-refractivity contribution in [2.75, 3.05) is 18.0 Å². The number of hydrogen-bond donors (Lipinski definition) is 0. The Hall–Kier alpha value is -4.14. The number of aromatic nitrogens is 2. The van der Waals surface area contributed by atoms with E-state index in [1.165, 1.54) is 29.8 Å². The first kappa shape index (κ1) is 29.4. The number of pyridine rings is 2. The Bertz CT molecular complexity index is 1720. The van der Waals surface area contributed by atoms with Gasteiger partial charge in [0.2, 0.25) is 11.3 Å². The van der Waals surface area contributed by atoms with Crippen LogP contribution in [0, 0.1) is 12.4 Å². The Morgan fingerprint density at radius 2 is 1.62 bits per heavy atom. The van der Waals surface area contributed by atoms with Gasteiger partial charge in [-0.1, -0.05) is 42.4 Å². The van der Waals surface area contributed by atoms with Gasteiger partial charge in [-0.15, -0.1) is 18.2 Å². The van der Waals surface area contributed by atoms with E-state index in [2.05, 4.69) is 19.5 Å². The van der Waals surface area contributed by atoms with Crippen molar-refractivity contribution in [1.82, 2.24) is 14.5 Å². The Kier molecular flexibility index (Phi) is 7.88. The number of aryl methyl sites for hydroxylation is 1. The van der Waals surface area contributed by atoms with E-state index in [4.69, 9.17) is 18.2 Å². The summed E-state index contributed by atoms with van der Waals surface area (Å²) in [6.45, 7) is 12.0. The molecule has 0 radical (unpaired) electrons. The summed E-state index contributed by atoms with van der Waals surface area (Å²) in [7, 11) is 1.46. The molecule has 1 aliphatic rings. The molecule has 1 saturated heterocycles. The molecule has 3 atom stereocenters. The monoisotopic (exact) mass is 599 g/mol. The van der Waals surface area contributed by atoms with Gasteiger partial charge in [0.25, 0.3) is 11.4 Å². The Labute approximate surface area is 244 Å². The molecule has 0 bridgehead atoms. The van der Waals surface area contributed by atoms with Gasteiger partial charge in [-0.3, -0.25) is 9.69 Å². The number of fused-ring (bicyclic) bond motifs is 1. The number of hydrogen-bond acceptors (Lipinski definition) is 5. The molecule has 1 aliphatic heterocycles. The molecule has 12 heteroatoms. The molecule has 218 valence electrons. The number of piperazine rings is 1. The number of nitrogens with zero attached hydrogens (tertiary/aromatic N) is 5. The molecule has 5 rings (SSSR count). The molecule has 4 aromatic rings. The predicted molar refractivity (Wildman–Crippen MR) is 153 cm³/mol. The van der Waals surface area contributed by atoms with Gasteiger partial charge < -0.3 is 19.0 Å². The average molecular weight is 600 g/mol. The van der Waals surface area contributed by atoms with Crippen LogP contribution in [0.25, 0.3) is 15.9 Å². The minimum absolute atomic E-state index is 0.0503. The Balaban J connectivity index is 1.55. The third-order valence-corrected chi connectivity index (χ3v) is 7.78. The molecule has 0 N–H and O–H groups in total. The van der Waals surface area contributed by atoms with Crippen LogP contribution in [0.15, 0.2) is 65.5 Å². The second-order valence-corrected chi connectivity index (χ2v) is 10.7. The van der Waals surface area contributed by atoms with Crippen molar-refractivity contribution in [3.63, 3.8) is 0 Å². The van der Waals surface area contributed by atoms with Gasteiger partial charge in [0.15, 0.2) is 0 Å². The van der Waals surface area contributed by atoms with Crippen LogP contribution in [0.5, 0.6) is 5.75 Å². The first-order valence-electron chi connectivity index (χ1n) is 13.1. The minimum atomic E-state index is -4.81. The van der Waals surface area contributed by atoms with Crippen LogP contribution in [0.3, 0.4) is 0 Å². The van der Waals surface area contributed by atoms with E-state index in [0.717, 1.165) is 11.1 Å². The number of halogens is 5. The summed E-state index contributed by atoms with van der Waals surface area (Å²) in [4.78, 5) is 24.6. The van der Waals surface area contributed by atoms with E-state index in [1.54, 1.807) is 35.2 Å². The standard InChI is InChI=1S/C30H26ClF4N5O2/c1-17-16-40(28-25(32)29(41)38(4)23-13-14-24(36-3)37-26(23)28)18(2)15-39(17)27(19-5-9-21(31)10-6-19)20-7-11-22(12-8-20)42-30(33,34)35/h5-14,17-18,27H,15-16H2,1-2,4H3/t17-,18+,27?/m1/s1. The molecule has 0 amide bonds. The van der Waals surface area contributed by atoms with E-state index in [0.29, 0.717) is 23.6 Å². The summed E-state index contributed by atoms with van der Waals surface area (Å²) >= 11 is 6.15. The highest BCUT2D eigenvalue weighted by atomic mass is 35.5. The van der Waals surface area contributed by atoms with Gasteiger partial charge in [0.05, 0.1) is 11.6 Å². The van der Waals surface area contributed by atoms with Gasteiger partial charge in [-0.2, -0.15) is 4.39 Å². The zero-order chi connectivity index (χ0) is 30.3. The highest BCUT2D eigenvalue weighted by Gasteiger charge is 2.38. The predicted octanol–water partition coefficient (Wildman–Crippen LogP) is 6.86. The fourth-order valence-electron chi connectivity index (χ4n) is 5.57. The van der Waals surface area contributed by atoms with E-state index in [9.17, 15) is 18.0 Å². The van der Waals surface area contributed by atoms with Crippen molar-refractivity contribution in [2.45, 2.75) is 38.3 Å². The van der Waals surface area contributed by atoms with Crippen molar-refractivity contribution in [3.8, 4) is 5.75 Å². The molecule has 2 aromatic carbocycles. The normalized spacial score (nSPS) is 18.6. The molecule has 7 nitrogen and oxygen atoms in total.